The number of hydrogen-bond acceptors (Lipinski definition) is 7. The van der Waals surface area contributed by atoms with Crippen molar-refractivity contribution in [3.8, 4) is 0 Å². The van der Waals surface area contributed by atoms with E-state index >= 15 is 0 Å². The second-order valence-electron chi connectivity index (χ2n) is 4.40. The van der Waals surface area contributed by atoms with Crippen LogP contribution in [0.25, 0.3) is 0 Å². The van der Waals surface area contributed by atoms with Gasteiger partial charge in [-0.05, 0) is 31.2 Å². The molecule has 0 bridgehead atoms. The number of primary sulfonamides is 1. The molecule has 2 aromatic rings. The third-order valence-electron chi connectivity index (χ3n) is 2.74. The Labute approximate surface area is 122 Å². The monoisotopic (exact) mass is 311 g/mol. The molecule has 0 aliphatic heterocycles. The highest BCUT2D eigenvalue weighted by atomic mass is 32.2. The lowest BCUT2D eigenvalue weighted by molar-refractivity contribution is 0.489. The van der Waals surface area contributed by atoms with Crippen molar-refractivity contribution in [1.29, 1.82) is 0 Å². The van der Waals surface area contributed by atoms with Gasteiger partial charge < -0.3 is 15.1 Å². The summed E-state index contributed by atoms with van der Waals surface area (Å²) in [5.41, 5.74) is 0.977. The second-order valence-corrected chi connectivity index (χ2v) is 5.96. The van der Waals surface area contributed by atoms with E-state index in [2.05, 4.69) is 20.8 Å². The fourth-order valence-corrected chi connectivity index (χ4v) is 2.22. The minimum Gasteiger partial charge on any atom is -0.407 e. The summed E-state index contributed by atoms with van der Waals surface area (Å²) in [6.07, 6.45) is 0.689. The van der Waals surface area contributed by atoms with Crippen LogP contribution in [0, 0.1) is 0 Å². The van der Waals surface area contributed by atoms with Crippen LogP contribution >= 0.6 is 0 Å². The van der Waals surface area contributed by atoms with Gasteiger partial charge in [-0.1, -0.05) is 17.2 Å². The second kappa shape index (κ2) is 6.66. The van der Waals surface area contributed by atoms with Gasteiger partial charge in [0.2, 0.25) is 15.9 Å². The van der Waals surface area contributed by atoms with Gasteiger partial charge in [0.25, 0.3) is 0 Å². The molecule has 8 nitrogen and oxygen atoms in total. The minimum absolute atomic E-state index is 0.104. The van der Waals surface area contributed by atoms with Gasteiger partial charge in [-0.2, -0.15) is 0 Å². The van der Waals surface area contributed by atoms with Crippen LogP contribution in [0.2, 0.25) is 0 Å². The molecule has 9 heteroatoms. The van der Waals surface area contributed by atoms with E-state index < -0.39 is 10.0 Å². The summed E-state index contributed by atoms with van der Waals surface area (Å²) in [7, 11) is -1.85. The summed E-state index contributed by atoms with van der Waals surface area (Å²) in [5, 5.41) is 18.7. The van der Waals surface area contributed by atoms with Crippen LogP contribution in [-0.4, -0.2) is 32.2 Å². The summed E-state index contributed by atoms with van der Waals surface area (Å²) in [5.74, 6) is 0.512. The number of aromatic nitrogens is 2. The first-order valence-corrected chi connectivity index (χ1v) is 7.86. The molecule has 114 valence electrons. The molecule has 1 aromatic heterocycles. The maximum Gasteiger partial charge on any atom is 0.315 e. The molecule has 0 fully saturated rings. The summed E-state index contributed by atoms with van der Waals surface area (Å²) < 4.78 is 27.6. The number of nitrogens with two attached hydrogens (primary N) is 1. The summed E-state index contributed by atoms with van der Waals surface area (Å²) in [6.45, 7) is 1.11. The molecule has 0 aliphatic rings. The zero-order valence-corrected chi connectivity index (χ0v) is 12.4. The Morgan fingerprint density at radius 3 is 2.57 bits per heavy atom. The molecule has 21 heavy (non-hydrogen) atoms. The van der Waals surface area contributed by atoms with Gasteiger partial charge in [0.05, 0.1) is 11.4 Å². The number of anilines is 1. The first-order chi connectivity index (χ1) is 9.99. The predicted octanol–water partition coefficient (Wildman–Crippen LogP) is 0.0910. The molecule has 0 unspecified atom stereocenters. The average Bonchev–Trinajstić information content (AvgIpc) is 2.86. The van der Waals surface area contributed by atoms with Gasteiger partial charge in [-0.3, -0.25) is 0 Å². The van der Waals surface area contributed by atoms with Crippen LogP contribution in [0.3, 0.4) is 0 Å². The molecule has 0 aliphatic carbocycles. The van der Waals surface area contributed by atoms with E-state index in [4.69, 9.17) is 9.56 Å². The first kappa shape index (κ1) is 15.4. The summed E-state index contributed by atoms with van der Waals surface area (Å²) >= 11 is 0. The van der Waals surface area contributed by atoms with Crippen LogP contribution in [0.5, 0.6) is 0 Å². The van der Waals surface area contributed by atoms with Crippen LogP contribution in [-0.2, 0) is 23.0 Å². The number of nitrogens with zero attached hydrogens (tertiary/aromatic N) is 2. The smallest absolute Gasteiger partial charge is 0.315 e. The van der Waals surface area contributed by atoms with Crippen molar-refractivity contribution in [3.05, 3.63) is 35.7 Å². The predicted molar refractivity (Wildman–Crippen MR) is 77.1 cm³/mol. The molecule has 0 amide bonds. The van der Waals surface area contributed by atoms with E-state index in [1.165, 1.54) is 12.1 Å². The molecule has 2 rings (SSSR count). The highest BCUT2D eigenvalue weighted by Gasteiger charge is 2.07. The van der Waals surface area contributed by atoms with Crippen LogP contribution < -0.4 is 15.8 Å². The zero-order valence-electron chi connectivity index (χ0n) is 11.5. The van der Waals surface area contributed by atoms with Crippen LogP contribution in [0.1, 0.15) is 11.5 Å². The van der Waals surface area contributed by atoms with Gasteiger partial charge in [0.1, 0.15) is 0 Å². The molecule has 0 atom stereocenters. The Morgan fingerprint density at radius 1 is 1.24 bits per heavy atom. The Kier molecular flexibility index (Phi) is 4.89. The molecule has 0 saturated carbocycles. The van der Waals surface area contributed by atoms with E-state index in [0.29, 0.717) is 31.4 Å². The van der Waals surface area contributed by atoms with Crippen molar-refractivity contribution >= 4 is 16.0 Å². The number of sulfonamides is 1. The highest BCUT2D eigenvalue weighted by molar-refractivity contribution is 7.89. The lowest BCUT2D eigenvalue weighted by Crippen LogP contribution is -2.12. The van der Waals surface area contributed by atoms with Gasteiger partial charge >= 0.3 is 6.01 Å². The standard InChI is InChI=1S/C12H17N5O3S/c1-14-8-11-16-17-12(20-11)15-7-6-9-2-4-10(5-3-9)21(13,18)19/h2-5,14H,6-8H2,1H3,(H,15,17)(H2,13,18,19). The Hall–Kier alpha value is -1.97. The molecule has 1 heterocycles. The summed E-state index contributed by atoms with van der Waals surface area (Å²) in [6, 6.07) is 6.79. The Morgan fingerprint density at radius 2 is 1.95 bits per heavy atom. The van der Waals surface area contributed by atoms with Crippen molar-refractivity contribution in [3.63, 3.8) is 0 Å². The van der Waals surface area contributed by atoms with Crippen molar-refractivity contribution in [2.75, 3.05) is 18.9 Å². The van der Waals surface area contributed by atoms with Crippen LogP contribution in [0.15, 0.2) is 33.6 Å². The topological polar surface area (TPSA) is 123 Å². The summed E-state index contributed by atoms with van der Waals surface area (Å²) in [4.78, 5) is 0.104. The fraction of sp³-hybridized carbons (Fsp3) is 0.333. The lowest BCUT2D eigenvalue weighted by atomic mass is 10.1. The van der Waals surface area contributed by atoms with Gasteiger partial charge in [0, 0.05) is 6.54 Å². The van der Waals surface area contributed by atoms with E-state index in [9.17, 15) is 8.42 Å². The third-order valence-corrected chi connectivity index (χ3v) is 3.67. The maximum absolute atomic E-state index is 11.1. The molecule has 0 saturated heterocycles. The van der Waals surface area contributed by atoms with E-state index in [0.717, 1.165) is 5.56 Å². The molecule has 4 N–H and O–H groups in total. The quantitative estimate of drug-likeness (QED) is 0.662. The van der Waals surface area contributed by atoms with Crippen molar-refractivity contribution < 1.29 is 12.8 Å². The number of hydrogen-bond donors (Lipinski definition) is 3. The average molecular weight is 311 g/mol. The third kappa shape index (κ3) is 4.52. The molecule has 1 aromatic carbocycles. The van der Waals surface area contributed by atoms with E-state index in [1.54, 1.807) is 19.2 Å². The van der Waals surface area contributed by atoms with E-state index in [1.807, 2.05) is 0 Å². The molecule has 0 radical (unpaired) electrons. The van der Waals surface area contributed by atoms with Crippen molar-refractivity contribution in [1.82, 2.24) is 15.5 Å². The van der Waals surface area contributed by atoms with Gasteiger partial charge in [-0.25, -0.2) is 13.6 Å². The first-order valence-electron chi connectivity index (χ1n) is 6.31. The molecular formula is C12H17N5O3S. The highest BCUT2D eigenvalue weighted by Crippen LogP contribution is 2.10. The normalized spacial score (nSPS) is 11.5. The Bertz CT molecular complexity index is 681. The van der Waals surface area contributed by atoms with Gasteiger partial charge in [-0.15, -0.1) is 5.10 Å². The number of benzene rings is 1. The zero-order chi connectivity index (χ0) is 15.3. The fourth-order valence-electron chi connectivity index (χ4n) is 1.71. The SMILES string of the molecule is CNCc1nnc(NCCc2ccc(S(N)(=O)=O)cc2)o1. The minimum atomic E-state index is -3.64. The van der Waals surface area contributed by atoms with Gasteiger partial charge in [0.15, 0.2) is 0 Å². The lowest BCUT2D eigenvalue weighted by Gasteiger charge is -2.03. The number of nitrogens with one attached hydrogen (secondary N) is 2. The number of rotatable bonds is 7. The maximum atomic E-state index is 11.1. The van der Waals surface area contributed by atoms with E-state index in [-0.39, 0.29) is 4.90 Å². The van der Waals surface area contributed by atoms with Crippen molar-refractivity contribution in [2.45, 2.75) is 17.9 Å². The molecular weight excluding hydrogens is 294 g/mol. The van der Waals surface area contributed by atoms with Crippen molar-refractivity contribution in [2.24, 2.45) is 5.14 Å². The largest absolute Gasteiger partial charge is 0.407 e. The molecule has 0 spiro atoms. The van der Waals surface area contributed by atoms with Crippen LogP contribution in [0.4, 0.5) is 6.01 Å². The Balaban J connectivity index is 1.85.